The van der Waals surface area contributed by atoms with Gasteiger partial charge in [-0.1, -0.05) is 12.1 Å². The monoisotopic (exact) mass is 666 g/mol. The molecule has 1 fully saturated rings. The minimum Gasteiger partial charge on any atom is -0.489 e. The first-order valence-corrected chi connectivity index (χ1v) is 16.4. The van der Waals surface area contributed by atoms with Gasteiger partial charge in [-0.2, -0.15) is 0 Å². The van der Waals surface area contributed by atoms with Crippen LogP contribution in [0.15, 0.2) is 54.7 Å². The van der Waals surface area contributed by atoms with Crippen molar-refractivity contribution in [1.82, 2.24) is 30.0 Å². The molecule has 1 saturated heterocycles. The summed E-state index contributed by atoms with van der Waals surface area (Å²) in [5.74, 6) is -0.433. The molecule has 3 heterocycles. The quantitative estimate of drug-likeness (QED) is 0.272. The highest BCUT2D eigenvalue weighted by atomic mass is 19.1. The number of amides is 3. The number of likely N-dealkylation sites (tertiary alicyclic amines) is 1. The number of rotatable bonds is 14. The molecule has 258 valence electrons. The average molecular weight is 667 g/mol. The van der Waals surface area contributed by atoms with E-state index in [1.54, 1.807) is 49.0 Å². The highest BCUT2D eigenvalue weighted by molar-refractivity contribution is 5.93. The molecule has 2 aliphatic rings. The molecule has 0 saturated carbocycles. The summed E-state index contributed by atoms with van der Waals surface area (Å²) in [4.78, 5) is 49.3. The summed E-state index contributed by atoms with van der Waals surface area (Å²) in [7, 11) is 3.12. The fraction of sp³-hybridized carbons (Fsp3) is 0.486. The lowest BCUT2D eigenvalue weighted by atomic mass is 10.1. The number of aromatic nitrogens is 2. The Bertz CT molecular complexity index is 1540. The van der Waals surface area contributed by atoms with E-state index < -0.39 is 36.2 Å². The van der Waals surface area contributed by atoms with Crippen LogP contribution in [0.3, 0.4) is 0 Å². The number of carbonyl (C=O) groups is 3. The molecule has 2 aliphatic heterocycles. The molecule has 5 rings (SSSR count). The first kappa shape index (κ1) is 35.0. The molecule has 0 spiro atoms. The maximum atomic E-state index is 14.3. The van der Waals surface area contributed by atoms with Crippen LogP contribution in [0, 0.1) is 11.6 Å². The summed E-state index contributed by atoms with van der Waals surface area (Å²) < 4.78 is 41.0. The summed E-state index contributed by atoms with van der Waals surface area (Å²) in [5, 5.41) is 5.72. The van der Waals surface area contributed by atoms with Crippen LogP contribution in [-0.4, -0.2) is 101 Å². The van der Waals surface area contributed by atoms with Crippen LogP contribution < -0.4 is 15.4 Å². The zero-order valence-electron chi connectivity index (χ0n) is 27.8. The average Bonchev–Trinajstić information content (AvgIpc) is 3.81. The van der Waals surface area contributed by atoms with Crippen molar-refractivity contribution in [3.8, 4) is 5.75 Å². The van der Waals surface area contributed by atoms with Gasteiger partial charge in [-0.15, -0.1) is 0 Å². The smallest absolute Gasteiger partial charge is 0.274 e. The van der Waals surface area contributed by atoms with Crippen LogP contribution in [0.25, 0.3) is 0 Å². The molecular formula is C35H44F2N6O5. The molecule has 48 heavy (non-hydrogen) atoms. The molecule has 1 aromatic heterocycles. The Kier molecular flexibility index (Phi) is 11.4. The number of nitrogens with one attached hydrogen (secondary N) is 2. The molecule has 5 atom stereocenters. The Morgan fingerprint density at radius 1 is 1.06 bits per heavy atom. The molecule has 3 aromatic rings. The van der Waals surface area contributed by atoms with Crippen molar-refractivity contribution >= 4 is 17.7 Å². The third-order valence-electron chi connectivity index (χ3n) is 9.19. The largest absolute Gasteiger partial charge is 0.489 e. The number of likely N-dealkylation sites (N-methyl/N-ethyl adjacent to an activating group) is 1. The zero-order chi connectivity index (χ0) is 34.4. The van der Waals surface area contributed by atoms with Crippen LogP contribution >= 0.6 is 0 Å². The molecule has 11 nitrogen and oxygen atoms in total. The Labute approximate surface area is 279 Å². The Hall–Kier alpha value is -4.36. The second-order valence-corrected chi connectivity index (χ2v) is 12.5. The van der Waals surface area contributed by atoms with Crippen molar-refractivity contribution in [1.29, 1.82) is 0 Å². The van der Waals surface area contributed by atoms with Gasteiger partial charge >= 0.3 is 0 Å². The van der Waals surface area contributed by atoms with Gasteiger partial charge in [0.15, 0.2) is 0 Å². The van der Waals surface area contributed by atoms with Gasteiger partial charge in [-0.05, 0) is 75.7 Å². The van der Waals surface area contributed by atoms with Gasteiger partial charge in [0.1, 0.15) is 41.0 Å². The highest BCUT2D eigenvalue weighted by Gasteiger charge is 2.43. The van der Waals surface area contributed by atoms with Gasteiger partial charge in [0.05, 0.1) is 24.7 Å². The summed E-state index contributed by atoms with van der Waals surface area (Å²) in [6, 6.07) is 9.75. The van der Waals surface area contributed by atoms with Crippen LogP contribution in [0.1, 0.15) is 48.6 Å². The molecule has 2 N–H and O–H groups in total. The third-order valence-corrected chi connectivity index (χ3v) is 9.19. The van der Waals surface area contributed by atoms with Gasteiger partial charge in [-0.25, -0.2) is 13.8 Å². The van der Waals surface area contributed by atoms with E-state index in [0.29, 0.717) is 30.8 Å². The molecule has 0 bridgehead atoms. The van der Waals surface area contributed by atoms with Crippen LogP contribution in [0.4, 0.5) is 8.78 Å². The van der Waals surface area contributed by atoms with Gasteiger partial charge in [0.25, 0.3) is 5.91 Å². The summed E-state index contributed by atoms with van der Waals surface area (Å²) in [6.45, 7) is 4.82. The standard InChI is InChI=1S/C35H44F2N6O5/c1-22(38-3)33(44)40-32(23(2)47-4)35(46)43-20-29(48-28-13-11-26(37)12-14-28)18-27(43)19-42(17-15-24-7-9-25(36)10-8-24)34(45)30-21-41-16-5-6-31(41)39-30/h7-14,21-23,27,29,32,38H,5-6,15-20H2,1-4H3,(H,40,44)/t22-,23+,27?,29-,32-/m0/s1. The molecule has 2 aromatic carbocycles. The van der Waals surface area contributed by atoms with Crippen molar-refractivity contribution in [3.63, 3.8) is 0 Å². The van der Waals surface area contributed by atoms with E-state index in [0.717, 1.165) is 30.8 Å². The van der Waals surface area contributed by atoms with Gasteiger partial charge in [0.2, 0.25) is 11.8 Å². The van der Waals surface area contributed by atoms with Crippen molar-refractivity contribution in [2.45, 2.75) is 76.4 Å². The number of carbonyl (C=O) groups excluding carboxylic acids is 3. The number of hydrogen-bond donors (Lipinski definition) is 2. The van der Waals surface area contributed by atoms with E-state index in [9.17, 15) is 23.2 Å². The van der Waals surface area contributed by atoms with Crippen molar-refractivity contribution in [2.24, 2.45) is 0 Å². The maximum absolute atomic E-state index is 14.3. The number of methoxy groups -OCH3 is 1. The summed E-state index contributed by atoms with van der Waals surface area (Å²) in [6.07, 6.45) is 3.25. The van der Waals surface area contributed by atoms with E-state index in [2.05, 4.69) is 15.6 Å². The van der Waals surface area contributed by atoms with E-state index in [4.69, 9.17) is 9.47 Å². The minimum absolute atomic E-state index is 0.159. The molecule has 3 amide bonds. The van der Waals surface area contributed by atoms with Gasteiger partial charge in [0, 0.05) is 45.8 Å². The molecular weight excluding hydrogens is 622 g/mol. The lowest BCUT2D eigenvalue weighted by Gasteiger charge is -2.34. The lowest BCUT2D eigenvalue weighted by molar-refractivity contribution is -0.141. The van der Waals surface area contributed by atoms with E-state index >= 15 is 0 Å². The first-order valence-electron chi connectivity index (χ1n) is 16.4. The topological polar surface area (TPSA) is 118 Å². The van der Waals surface area contributed by atoms with Crippen molar-refractivity contribution < 1.29 is 32.6 Å². The minimum atomic E-state index is -1.01. The Balaban J connectivity index is 1.43. The van der Waals surface area contributed by atoms with Crippen molar-refractivity contribution in [3.05, 3.63) is 83.4 Å². The van der Waals surface area contributed by atoms with Gasteiger partial charge < -0.3 is 34.5 Å². The summed E-state index contributed by atoms with van der Waals surface area (Å²) in [5.41, 5.74) is 1.19. The Morgan fingerprint density at radius 2 is 1.75 bits per heavy atom. The SMILES string of the molecule is CN[C@@H](C)C(=O)N[C@H](C(=O)N1C[C@@H](Oc2ccc(F)cc2)CC1CN(CCc1ccc(F)cc1)C(=O)c1cn2c(n1)CCC2)[C@@H](C)OC. The van der Waals surface area contributed by atoms with E-state index in [-0.39, 0.29) is 36.6 Å². The summed E-state index contributed by atoms with van der Waals surface area (Å²) >= 11 is 0. The van der Waals surface area contributed by atoms with Crippen molar-refractivity contribution in [2.75, 3.05) is 33.8 Å². The molecule has 0 aliphatic carbocycles. The molecule has 1 unspecified atom stereocenters. The molecule has 13 heteroatoms. The number of benzene rings is 2. The maximum Gasteiger partial charge on any atom is 0.274 e. The number of aryl methyl sites for hydroxylation is 2. The lowest BCUT2D eigenvalue weighted by Crippen LogP contribution is -2.58. The number of halogens is 2. The van der Waals surface area contributed by atoms with E-state index in [1.807, 2.05) is 4.57 Å². The predicted molar refractivity (Wildman–Crippen MR) is 174 cm³/mol. The number of hydrogen-bond acceptors (Lipinski definition) is 7. The number of ether oxygens (including phenoxy) is 2. The second kappa shape index (κ2) is 15.7. The van der Waals surface area contributed by atoms with Gasteiger partial charge in [-0.3, -0.25) is 14.4 Å². The normalized spacial score (nSPS) is 19.0. The number of imidazole rings is 1. The zero-order valence-corrected chi connectivity index (χ0v) is 27.8. The van der Waals surface area contributed by atoms with Crippen LogP contribution in [-0.2, 0) is 33.7 Å². The van der Waals surface area contributed by atoms with E-state index in [1.165, 1.54) is 43.5 Å². The van der Waals surface area contributed by atoms with Crippen LogP contribution in [0.5, 0.6) is 5.75 Å². The first-order chi connectivity index (χ1) is 23.1. The van der Waals surface area contributed by atoms with Crippen LogP contribution in [0.2, 0.25) is 0 Å². The second-order valence-electron chi connectivity index (χ2n) is 12.5. The molecule has 0 radical (unpaired) electrons. The fourth-order valence-electron chi connectivity index (χ4n) is 6.18. The number of fused-ring (bicyclic) bond motifs is 1. The highest BCUT2D eigenvalue weighted by Crippen LogP contribution is 2.27. The fourth-order valence-corrected chi connectivity index (χ4v) is 6.18. The third kappa shape index (κ3) is 8.37. The predicted octanol–water partition coefficient (Wildman–Crippen LogP) is 2.97. The Morgan fingerprint density at radius 3 is 2.40 bits per heavy atom. The number of nitrogens with zero attached hydrogens (tertiary/aromatic N) is 4.